The van der Waals surface area contributed by atoms with Crippen molar-refractivity contribution in [1.82, 2.24) is 4.98 Å². The number of amides is 1. The van der Waals surface area contributed by atoms with E-state index in [1.165, 1.54) is 16.9 Å². The Kier molecular flexibility index (Phi) is 5.75. The summed E-state index contributed by atoms with van der Waals surface area (Å²) in [5.74, 6) is -1.98. The number of thiazole rings is 1. The van der Waals surface area contributed by atoms with Crippen molar-refractivity contribution in [2.45, 2.75) is 39.5 Å². The van der Waals surface area contributed by atoms with Gasteiger partial charge in [-0.3, -0.25) is 9.59 Å². The number of aromatic nitrogens is 1. The van der Waals surface area contributed by atoms with Crippen LogP contribution in [0.4, 0.5) is 5.13 Å². The largest absolute Gasteiger partial charge is 0.481 e. The monoisotopic (exact) mass is 384 g/mol. The van der Waals surface area contributed by atoms with E-state index in [1.807, 2.05) is 19.1 Å². The summed E-state index contributed by atoms with van der Waals surface area (Å²) < 4.78 is 0. The van der Waals surface area contributed by atoms with Gasteiger partial charge >= 0.3 is 5.97 Å². The molecular weight excluding hydrogens is 360 g/mol. The highest BCUT2D eigenvalue weighted by Crippen LogP contribution is 2.33. The van der Waals surface area contributed by atoms with Gasteiger partial charge in [-0.2, -0.15) is 0 Å². The fraction of sp³-hybridized carbons (Fsp3) is 0.381. The number of benzene rings is 1. The van der Waals surface area contributed by atoms with E-state index in [0.717, 1.165) is 16.1 Å². The van der Waals surface area contributed by atoms with Crippen LogP contribution in [0.25, 0.3) is 11.3 Å². The number of rotatable bonds is 5. The fourth-order valence-corrected chi connectivity index (χ4v) is 4.16. The topological polar surface area (TPSA) is 79.3 Å². The number of carboxylic acid groups (broad SMARTS) is 1. The van der Waals surface area contributed by atoms with Crippen LogP contribution in [0.5, 0.6) is 0 Å². The Hall–Kier alpha value is -2.47. The minimum Gasteiger partial charge on any atom is -0.481 e. The third-order valence-electron chi connectivity index (χ3n) is 4.96. The number of nitrogens with one attached hydrogen (secondary N) is 1. The lowest BCUT2D eigenvalue weighted by molar-refractivity contribution is -0.146. The van der Waals surface area contributed by atoms with Crippen LogP contribution in [-0.2, 0) is 9.59 Å². The molecule has 1 amide bonds. The average Bonchev–Trinajstić information content (AvgIpc) is 3.01. The number of anilines is 1. The van der Waals surface area contributed by atoms with Gasteiger partial charge in [0.2, 0.25) is 5.91 Å². The van der Waals surface area contributed by atoms with Crippen LogP contribution in [0.3, 0.4) is 0 Å². The number of aryl methyl sites for hydroxylation is 1. The van der Waals surface area contributed by atoms with E-state index < -0.39 is 17.8 Å². The third-order valence-corrected chi connectivity index (χ3v) is 5.85. The predicted octanol–water partition coefficient (Wildman–Crippen LogP) is 4.85. The molecule has 0 radical (unpaired) electrons. The molecule has 1 aliphatic carbocycles. The molecule has 1 heterocycles. The number of hydrogen-bond acceptors (Lipinski definition) is 4. The van der Waals surface area contributed by atoms with E-state index in [4.69, 9.17) is 0 Å². The van der Waals surface area contributed by atoms with E-state index >= 15 is 0 Å². The van der Waals surface area contributed by atoms with Crippen molar-refractivity contribution in [2.75, 3.05) is 5.32 Å². The smallest absolute Gasteiger partial charge is 0.307 e. The minimum atomic E-state index is -0.930. The fourth-order valence-electron chi connectivity index (χ4n) is 3.32. The van der Waals surface area contributed by atoms with Crippen LogP contribution >= 0.6 is 11.3 Å². The van der Waals surface area contributed by atoms with Crippen LogP contribution in [0, 0.1) is 18.8 Å². The second kappa shape index (κ2) is 8.05. The molecule has 0 spiro atoms. The summed E-state index contributed by atoms with van der Waals surface area (Å²) in [4.78, 5) is 29.6. The van der Waals surface area contributed by atoms with Crippen LogP contribution in [-0.4, -0.2) is 22.0 Å². The van der Waals surface area contributed by atoms with Gasteiger partial charge < -0.3 is 10.4 Å². The average molecular weight is 385 g/mol. The number of carbonyl (C=O) groups is 2. The first-order chi connectivity index (χ1) is 12.9. The Morgan fingerprint density at radius 2 is 1.78 bits per heavy atom. The van der Waals surface area contributed by atoms with E-state index in [2.05, 4.69) is 48.4 Å². The maximum atomic E-state index is 12.6. The lowest BCUT2D eigenvalue weighted by atomic mass is 9.82. The summed E-state index contributed by atoms with van der Waals surface area (Å²) >= 11 is 1.41. The van der Waals surface area contributed by atoms with Gasteiger partial charge in [0, 0.05) is 10.4 Å². The normalized spacial score (nSPS) is 19.3. The van der Waals surface area contributed by atoms with Gasteiger partial charge in [-0.15, -0.1) is 11.3 Å². The molecule has 0 aliphatic heterocycles. The molecule has 1 aromatic heterocycles. The Morgan fingerprint density at radius 1 is 1.15 bits per heavy atom. The first kappa shape index (κ1) is 19.3. The van der Waals surface area contributed by atoms with Gasteiger partial charge in [0.15, 0.2) is 5.13 Å². The first-order valence-electron chi connectivity index (χ1n) is 9.13. The third kappa shape index (κ3) is 4.27. The molecular formula is C21H24N2O3S. The van der Waals surface area contributed by atoms with Gasteiger partial charge in [0.25, 0.3) is 0 Å². The molecule has 3 rings (SSSR count). The van der Waals surface area contributed by atoms with Gasteiger partial charge in [0.05, 0.1) is 17.5 Å². The Bertz CT molecular complexity index is 868. The molecule has 1 aromatic carbocycles. The van der Waals surface area contributed by atoms with Crippen molar-refractivity contribution in [1.29, 1.82) is 0 Å². The van der Waals surface area contributed by atoms with E-state index in [-0.39, 0.29) is 5.91 Å². The number of allylic oxidation sites excluding steroid dienone is 2. The second-order valence-corrected chi connectivity index (χ2v) is 8.39. The molecule has 6 heteroatoms. The lowest BCUT2D eigenvalue weighted by Crippen LogP contribution is -2.34. The van der Waals surface area contributed by atoms with Crippen molar-refractivity contribution in [2.24, 2.45) is 11.8 Å². The summed E-state index contributed by atoms with van der Waals surface area (Å²) in [5.41, 5.74) is 3.13. The summed E-state index contributed by atoms with van der Waals surface area (Å²) in [5, 5.41) is 12.7. The van der Waals surface area contributed by atoms with E-state index in [1.54, 1.807) is 0 Å². The maximum absolute atomic E-state index is 12.6. The summed E-state index contributed by atoms with van der Waals surface area (Å²) in [6, 6.07) is 8.30. The van der Waals surface area contributed by atoms with Crippen LogP contribution in [0.1, 0.15) is 43.0 Å². The molecule has 2 N–H and O–H groups in total. The highest BCUT2D eigenvalue weighted by molar-refractivity contribution is 7.16. The SMILES string of the molecule is Cc1sc(NC(=O)[C@H]2CC=CC[C@H]2C(=O)O)nc1-c1ccc(C(C)C)cc1. The van der Waals surface area contributed by atoms with E-state index in [9.17, 15) is 14.7 Å². The summed E-state index contributed by atoms with van der Waals surface area (Å²) in [6.07, 6.45) is 4.53. The number of carboxylic acids is 1. The van der Waals surface area contributed by atoms with E-state index in [0.29, 0.717) is 23.9 Å². The molecule has 1 aliphatic rings. The highest BCUT2D eigenvalue weighted by atomic mass is 32.1. The zero-order valence-corrected chi connectivity index (χ0v) is 16.5. The summed E-state index contributed by atoms with van der Waals surface area (Å²) in [7, 11) is 0. The predicted molar refractivity (Wildman–Crippen MR) is 108 cm³/mol. The van der Waals surface area contributed by atoms with Gasteiger partial charge in [-0.05, 0) is 31.2 Å². The molecule has 27 heavy (non-hydrogen) atoms. The first-order valence-corrected chi connectivity index (χ1v) is 9.95. The number of aliphatic carboxylic acids is 1. The van der Waals surface area contributed by atoms with Crippen molar-refractivity contribution in [3.63, 3.8) is 0 Å². The second-order valence-electron chi connectivity index (χ2n) is 7.18. The molecule has 0 unspecified atom stereocenters. The minimum absolute atomic E-state index is 0.276. The van der Waals surface area contributed by atoms with Crippen LogP contribution in [0.15, 0.2) is 36.4 Å². The Balaban J connectivity index is 1.77. The standard InChI is InChI=1S/C21H24N2O3S/c1-12(2)14-8-10-15(11-9-14)18-13(3)27-21(22-18)23-19(24)16-6-4-5-7-17(16)20(25)26/h4-5,8-12,16-17H,6-7H2,1-3H3,(H,25,26)(H,22,23,24)/t16-,17+/m0/s1. The van der Waals surface area contributed by atoms with Crippen molar-refractivity contribution in [3.8, 4) is 11.3 Å². The molecule has 2 atom stereocenters. The van der Waals surface area contributed by atoms with Gasteiger partial charge in [-0.25, -0.2) is 4.98 Å². The number of nitrogens with zero attached hydrogens (tertiary/aromatic N) is 1. The van der Waals surface area contributed by atoms with Crippen LogP contribution in [0.2, 0.25) is 0 Å². The maximum Gasteiger partial charge on any atom is 0.307 e. The Morgan fingerprint density at radius 3 is 2.37 bits per heavy atom. The summed E-state index contributed by atoms with van der Waals surface area (Å²) in [6.45, 7) is 6.28. The highest BCUT2D eigenvalue weighted by Gasteiger charge is 2.34. The molecule has 142 valence electrons. The molecule has 2 aromatic rings. The van der Waals surface area contributed by atoms with Crippen molar-refractivity contribution < 1.29 is 14.7 Å². The van der Waals surface area contributed by atoms with Crippen LogP contribution < -0.4 is 5.32 Å². The Labute approximate surface area is 163 Å². The lowest BCUT2D eigenvalue weighted by Gasteiger charge is -2.23. The van der Waals surface area contributed by atoms with Crippen molar-refractivity contribution >= 4 is 28.3 Å². The molecule has 0 bridgehead atoms. The molecule has 0 fully saturated rings. The van der Waals surface area contributed by atoms with Crippen molar-refractivity contribution in [3.05, 3.63) is 46.9 Å². The molecule has 0 saturated carbocycles. The quantitative estimate of drug-likeness (QED) is 0.723. The van der Waals surface area contributed by atoms with Gasteiger partial charge in [0.1, 0.15) is 0 Å². The molecule has 0 saturated heterocycles. The number of carbonyl (C=O) groups excluding carboxylic acids is 1. The number of hydrogen-bond donors (Lipinski definition) is 2. The molecule has 5 nitrogen and oxygen atoms in total. The van der Waals surface area contributed by atoms with Gasteiger partial charge in [-0.1, -0.05) is 50.3 Å². The zero-order valence-electron chi connectivity index (χ0n) is 15.7. The zero-order chi connectivity index (χ0) is 19.6.